The molecule has 0 bridgehead atoms. The number of hydrogen-bond donors (Lipinski definition) is 0. The molecule has 0 atom stereocenters. The summed E-state index contributed by atoms with van der Waals surface area (Å²) in [6.07, 6.45) is 0.915. The summed E-state index contributed by atoms with van der Waals surface area (Å²) in [5, 5.41) is 22.6. The maximum Gasteiger partial charge on any atom is 0.278 e. The molecular formula is C7H5N2O3-. The topological polar surface area (TPSA) is 78.6 Å². The van der Waals surface area contributed by atoms with Crippen molar-refractivity contribution in [3.63, 3.8) is 0 Å². The van der Waals surface area contributed by atoms with Crippen molar-refractivity contribution in [3.05, 3.63) is 45.2 Å². The molecule has 0 fully saturated rings. The molecule has 1 aromatic carbocycles. The molecule has 0 heterocycles. The third-order valence-electron chi connectivity index (χ3n) is 1.33. The first-order chi connectivity index (χ1) is 5.75. The van der Waals surface area contributed by atoms with Gasteiger partial charge in [0.2, 0.25) is 0 Å². The Balaban J connectivity index is 3.17. The van der Waals surface area contributed by atoms with Gasteiger partial charge in [0.1, 0.15) is 0 Å². The smallest absolute Gasteiger partial charge is 0.278 e. The highest BCUT2D eigenvalue weighted by Crippen LogP contribution is 2.14. The molecule has 0 amide bonds. The van der Waals surface area contributed by atoms with Crippen LogP contribution in [0.2, 0.25) is 0 Å². The number of nitro groups is 1. The van der Waals surface area contributed by atoms with Gasteiger partial charge in [-0.15, -0.1) is 0 Å². The van der Waals surface area contributed by atoms with Crippen LogP contribution in [0.5, 0.6) is 0 Å². The van der Waals surface area contributed by atoms with Crippen LogP contribution in [0, 0.1) is 15.3 Å². The van der Waals surface area contributed by atoms with Crippen LogP contribution in [-0.4, -0.2) is 11.1 Å². The molecule has 62 valence electrons. The lowest BCUT2D eigenvalue weighted by Crippen LogP contribution is -1.93. The van der Waals surface area contributed by atoms with Crippen molar-refractivity contribution >= 4 is 11.9 Å². The SMILES string of the molecule is O=[N+]([O-])c1ccccc1/C=N/[O-]. The maximum atomic E-state index is 10.3. The van der Waals surface area contributed by atoms with Crippen LogP contribution in [0.4, 0.5) is 5.69 Å². The van der Waals surface area contributed by atoms with Crippen LogP contribution < -0.4 is 0 Å². The highest BCUT2D eigenvalue weighted by molar-refractivity contribution is 5.85. The monoisotopic (exact) mass is 165 g/mol. The van der Waals surface area contributed by atoms with E-state index in [0.29, 0.717) is 0 Å². The standard InChI is InChI=1S/C7H6N2O3/c10-8-5-6-3-1-2-4-7(6)9(11)12/h1-5,10H/p-1/b8-5+. The van der Waals surface area contributed by atoms with Gasteiger partial charge in [0.05, 0.1) is 10.5 Å². The molecule has 0 spiro atoms. The zero-order valence-corrected chi connectivity index (χ0v) is 6.01. The molecule has 1 aromatic rings. The number of nitro benzene ring substituents is 1. The maximum absolute atomic E-state index is 10.3. The third kappa shape index (κ3) is 1.57. The first kappa shape index (κ1) is 8.19. The first-order valence-electron chi connectivity index (χ1n) is 3.15. The van der Waals surface area contributed by atoms with E-state index >= 15 is 0 Å². The van der Waals surface area contributed by atoms with Crippen molar-refractivity contribution in [3.8, 4) is 0 Å². The minimum absolute atomic E-state index is 0.114. The zero-order valence-electron chi connectivity index (χ0n) is 6.01. The second-order valence-corrected chi connectivity index (χ2v) is 2.05. The van der Waals surface area contributed by atoms with Crippen LogP contribution in [-0.2, 0) is 0 Å². The van der Waals surface area contributed by atoms with Gasteiger partial charge in [0.15, 0.2) is 0 Å². The molecule has 5 heteroatoms. The first-order valence-corrected chi connectivity index (χ1v) is 3.15. The molecule has 0 radical (unpaired) electrons. The summed E-state index contributed by atoms with van der Waals surface area (Å²) in [5.74, 6) is 0. The lowest BCUT2D eigenvalue weighted by molar-refractivity contribution is -0.385. The van der Waals surface area contributed by atoms with Crippen LogP contribution in [0.3, 0.4) is 0 Å². The molecule has 5 nitrogen and oxygen atoms in total. The molecule has 12 heavy (non-hydrogen) atoms. The summed E-state index contributed by atoms with van der Waals surface area (Å²) < 4.78 is 0. The quantitative estimate of drug-likeness (QED) is 0.378. The van der Waals surface area contributed by atoms with Crippen molar-refractivity contribution in [2.24, 2.45) is 5.16 Å². The van der Waals surface area contributed by atoms with Crippen molar-refractivity contribution in [1.29, 1.82) is 0 Å². The Morgan fingerprint density at radius 3 is 2.67 bits per heavy atom. The molecule has 0 aliphatic carbocycles. The Bertz CT molecular complexity index is 322. The van der Waals surface area contributed by atoms with Crippen molar-refractivity contribution in [2.75, 3.05) is 0 Å². The van der Waals surface area contributed by atoms with E-state index in [1.54, 1.807) is 6.07 Å². The van der Waals surface area contributed by atoms with Gasteiger partial charge in [0, 0.05) is 12.3 Å². The molecule has 0 saturated heterocycles. The van der Waals surface area contributed by atoms with E-state index in [1.165, 1.54) is 18.2 Å². The van der Waals surface area contributed by atoms with Gasteiger partial charge in [-0.3, -0.25) is 10.1 Å². The largest absolute Gasteiger partial charge is 0.792 e. The van der Waals surface area contributed by atoms with Crippen LogP contribution >= 0.6 is 0 Å². The molecular weight excluding hydrogens is 160 g/mol. The Hall–Kier alpha value is -1.91. The van der Waals surface area contributed by atoms with Gasteiger partial charge in [-0.05, 0) is 6.07 Å². The van der Waals surface area contributed by atoms with Crippen molar-refractivity contribution in [1.82, 2.24) is 0 Å². The van der Waals surface area contributed by atoms with E-state index in [0.717, 1.165) is 6.21 Å². The molecule has 0 saturated carbocycles. The van der Waals surface area contributed by atoms with E-state index in [4.69, 9.17) is 0 Å². The van der Waals surface area contributed by atoms with E-state index in [9.17, 15) is 15.3 Å². The second kappa shape index (κ2) is 3.47. The lowest BCUT2D eigenvalue weighted by Gasteiger charge is -1.96. The fourth-order valence-electron chi connectivity index (χ4n) is 0.820. The van der Waals surface area contributed by atoms with Gasteiger partial charge < -0.3 is 10.4 Å². The summed E-state index contributed by atoms with van der Waals surface area (Å²) in [6, 6.07) is 5.90. The Morgan fingerprint density at radius 1 is 1.42 bits per heavy atom. The fraction of sp³-hybridized carbons (Fsp3) is 0. The van der Waals surface area contributed by atoms with E-state index in [1.807, 2.05) is 0 Å². The minimum atomic E-state index is -0.559. The molecule has 0 aromatic heterocycles. The zero-order chi connectivity index (χ0) is 8.97. The predicted molar refractivity (Wildman–Crippen MR) is 44.1 cm³/mol. The second-order valence-electron chi connectivity index (χ2n) is 2.05. The van der Waals surface area contributed by atoms with Gasteiger partial charge in [0.25, 0.3) is 5.69 Å². The van der Waals surface area contributed by atoms with E-state index in [-0.39, 0.29) is 11.3 Å². The van der Waals surface area contributed by atoms with Gasteiger partial charge in [-0.25, -0.2) is 0 Å². The fourth-order valence-corrected chi connectivity index (χ4v) is 0.820. The minimum Gasteiger partial charge on any atom is -0.792 e. The van der Waals surface area contributed by atoms with E-state index < -0.39 is 4.92 Å². The number of para-hydroxylation sites is 1. The Labute approximate surface area is 68.1 Å². The van der Waals surface area contributed by atoms with Gasteiger partial charge >= 0.3 is 0 Å². The normalized spacial score (nSPS) is 10.3. The summed E-state index contributed by atoms with van der Waals surface area (Å²) in [5.41, 5.74) is 0.106. The molecule has 0 aliphatic rings. The predicted octanol–water partition coefficient (Wildman–Crippen LogP) is 1.51. The molecule has 0 aliphatic heterocycles. The molecule has 0 N–H and O–H groups in total. The lowest BCUT2D eigenvalue weighted by atomic mass is 10.2. The number of benzene rings is 1. The summed E-state index contributed by atoms with van der Waals surface area (Å²) in [7, 11) is 0. The van der Waals surface area contributed by atoms with Gasteiger partial charge in [-0.2, -0.15) is 0 Å². The van der Waals surface area contributed by atoms with E-state index in [2.05, 4.69) is 5.16 Å². The van der Waals surface area contributed by atoms with Crippen LogP contribution in [0.25, 0.3) is 0 Å². The number of rotatable bonds is 2. The van der Waals surface area contributed by atoms with Crippen LogP contribution in [0.1, 0.15) is 5.56 Å². The third-order valence-corrected chi connectivity index (χ3v) is 1.33. The Kier molecular flexibility index (Phi) is 2.37. The van der Waals surface area contributed by atoms with Gasteiger partial charge in [-0.1, -0.05) is 12.1 Å². The van der Waals surface area contributed by atoms with Crippen LogP contribution in [0.15, 0.2) is 29.4 Å². The summed E-state index contributed by atoms with van der Waals surface area (Å²) in [4.78, 5) is 9.78. The average molecular weight is 165 g/mol. The summed E-state index contributed by atoms with van der Waals surface area (Å²) in [6.45, 7) is 0. The van der Waals surface area contributed by atoms with Crippen molar-refractivity contribution in [2.45, 2.75) is 0 Å². The number of hydrogen-bond acceptors (Lipinski definition) is 4. The number of nitrogens with zero attached hydrogens (tertiary/aromatic N) is 2. The highest BCUT2D eigenvalue weighted by Gasteiger charge is 2.08. The highest BCUT2D eigenvalue weighted by atomic mass is 16.6. The summed E-state index contributed by atoms with van der Waals surface area (Å²) >= 11 is 0. The van der Waals surface area contributed by atoms with Crippen molar-refractivity contribution < 1.29 is 4.92 Å². The molecule has 1 rings (SSSR count). The molecule has 0 unspecified atom stereocenters. The Morgan fingerprint density at radius 2 is 2.08 bits per heavy atom. The average Bonchev–Trinajstić information content (AvgIpc) is 2.05.